The first-order valence-electron chi connectivity index (χ1n) is 6.46. The first kappa shape index (κ1) is 17.5. The molecule has 0 radical (unpaired) electrons. The molecule has 2 unspecified atom stereocenters. The van der Waals surface area contributed by atoms with Crippen molar-refractivity contribution in [3.8, 4) is 0 Å². The molecule has 0 aromatic rings. The number of amides is 2. The summed E-state index contributed by atoms with van der Waals surface area (Å²) in [6, 6.07) is 0. The molecule has 0 N–H and O–H groups in total. The number of hydrogen-bond donors (Lipinski definition) is 0. The van der Waals surface area contributed by atoms with Crippen LogP contribution in [0.1, 0.15) is 26.7 Å². The maximum Gasteiger partial charge on any atom is 0.409 e. The Labute approximate surface area is 115 Å². The van der Waals surface area contributed by atoms with E-state index in [-0.39, 0.29) is 24.2 Å². The third kappa shape index (κ3) is 8.29. The first-order valence-corrected chi connectivity index (χ1v) is 6.46. The van der Waals surface area contributed by atoms with Crippen LogP contribution in [0.5, 0.6) is 0 Å². The molecule has 0 fully saturated rings. The van der Waals surface area contributed by atoms with Crippen molar-refractivity contribution in [2.75, 3.05) is 34.8 Å². The van der Waals surface area contributed by atoms with Gasteiger partial charge in [-0.05, 0) is 25.7 Å². The molecule has 0 aliphatic carbocycles. The number of rotatable bonds is 6. The molecule has 0 aromatic carbocycles. The molecule has 0 aliphatic heterocycles. The van der Waals surface area contributed by atoms with Gasteiger partial charge in [-0.1, -0.05) is 6.92 Å². The van der Waals surface area contributed by atoms with Gasteiger partial charge >= 0.3 is 12.2 Å². The minimum absolute atomic E-state index is 0.137. The van der Waals surface area contributed by atoms with Crippen molar-refractivity contribution in [1.82, 2.24) is 9.80 Å². The number of hydrogen-bond acceptors (Lipinski definition) is 4. The Kier molecular flexibility index (Phi) is 7.95. The van der Waals surface area contributed by atoms with Gasteiger partial charge in [-0.25, -0.2) is 9.59 Å². The van der Waals surface area contributed by atoms with Crippen molar-refractivity contribution in [1.29, 1.82) is 0 Å². The molecule has 0 aliphatic rings. The van der Waals surface area contributed by atoms with Gasteiger partial charge in [0.05, 0.1) is 6.61 Å². The summed E-state index contributed by atoms with van der Waals surface area (Å²) in [4.78, 5) is 25.4. The van der Waals surface area contributed by atoms with Crippen LogP contribution in [0.3, 0.4) is 0 Å². The first-order chi connectivity index (χ1) is 8.73. The summed E-state index contributed by atoms with van der Waals surface area (Å²) in [6.45, 7) is 4.24. The summed E-state index contributed by atoms with van der Waals surface area (Å²) in [7, 11) is 6.60. The van der Waals surface area contributed by atoms with Crippen LogP contribution in [0.15, 0.2) is 0 Å². The number of carbonyl (C=O) groups excluding carboxylic acids is 2. The molecule has 0 rings (SSSR count). The van der Waals surface area contributed by atoms with E-state index in [1.807, 2.05) is 13.8 Å². The van der Waals surface area contributed by atoms with Gasteiger partial charge < -0.3 is 19.3 Å². The van der Waals surface area contributed by atoms with E-state index in [9.17, 15) is 9.59 Å². The fraction of sp³-hybridized carbons (Fsp3) is 0.846. The zero-order valence-corrected chi connectivity index (χ0v) is 12.8. The van der Waals surface area contributed by atoms with Crippen LogP contribution in [0.25, 0.3) is 0 Å². The highest BCUT2D eigenvalue weighted by atomic mass is 16.6. The van der Waals surface area contributed by atoms with Gasteiger partial charge in [0.15, 0.2) is 0 Å². The summed E-state index contributed by atoms with van der Waals surface area (Å²) in [5.74, 6) is 0.240. The van der Waals surface area contributed by atoms with E-state index in [2.05, 4.69) is 0 Å². The molecule has 0 saturated carbocycles. The molecular weight excluding hydrogens is 248 g/mol. The topological polar surface area (TPSA) is 59.1 Å². The lowest BCUT2D eigenvalue weighted by atomic mass is 10.0. The second kappa shape index (κ2) is 8.61. The molecular formula is C13H26N2O4. The lowest BCUT2D eigenvalue weighted by Gasteiger charge is -2.19. The Bertz CT molecular complexity index is 292. The highest BCUT2D eigenvalue weighted by molar-refractivity contribution is 5.67. The molecule has 0 bridgehead atoms. The molecule has 19 heavy (non-hydrogen) atoms. The summed E-state index contributed by atoms with van der Waals surface area (Å²) in [6.07, 6.45) is 0.781. The molecule has 0 aromatic heterocycles. The van der Waals surface area contributed by atoms with Gasteiger partial charge in [-0.15, -0.1) is 0 Å². The van der Waals surface area contributed by atoms with Crippen LogP contribution in [0, 0.1) is 5.92 Å². The van der Waals surface area contributed by atoms with Crippen LogP contribution in [0.2, 0.25) is 0 Å². The lowest BCUT2D eigenvalue weighted by Crippen LogP contribution is -2.27. The average molecular weight is 274 g/mol. The molecule has 6 nitrogen and oxygen atoms in total. The number of ether oxygens (including phenoxy) is 2. The normalized spacial score (nSPS) is 13.4. The quantitative estimate of drug-likeness (QED) is 0.745. The predicted octanol–water partition coefficient (Wildman–Crippen LogP) is 2.19. The van der Waals surface area contributed by atoms with Crippen molar-refractivity contribution in [3.05, 3.63) is 0 Å². The van der Waals surface area contributed by atoms with E-state index in [4.69, 9.17) is 9.47 Å². The lowest BCUT2D eigenvalue weighted by molar-refractivity contribution is 0.0708. The third-order valence-corrected chi connectivity index (χ3v) is 2.59. The Morgan fingerprint density at radius 3 is 1.95 bits per heavy atom. The smallest absolute Gasteiger partial charge is 0.409 e. The molecule has 0 heterocycles. The Morgan fingerprint density at radius 1 is 0.947 bits per heavy atom. The molecule has 2 amide bonds. The van der Waals surface area contributed by atoms with Gasteiger partial charge in [0.25, 0.3) is 0 Å². The van der Waals surface area contributed by atoms with E-state index in [0.717, 1.165) is 12.8 Å². The monoisotopic (exact) mass is 274 g/mol. The van der Waals surface area contributed by atoms with Gasteiger partial charge in [-0.2, -0.15) is 0 Å². The fourth-order valence-corrected chi connectivity index (χ4v) is 1.28. The van der Waals surface area contributed by atoms with Gasteiger partial charge in [0.2, 0.25) is 0 Å². The van der Waals surface area contributed by atoms with Crippen molar-refractivity contribution in [2.45, 2.75) is 32.8 Å². The highest BCUT2D eigenvalue weighted by Gasteiger charge is 2.14. The zero-order valence-electron chi connectivity index (χ0n) is 12.8. The van der Waals surface area contributed by atoms with E-state index in [1.165, 1.54) is 9.80 Å². The van der Waals surface area contributed by atoms with Crippen LogP contribution in [0.4, 0.5) is 9.59 Å². The van der Waals surface area contributed by atoms with Gasteiger partial charge in [0.1, 0.15) is 6.10 Å². The van der Waals surface area contributed by atoms with E-state index < -0.39 is 0 Å². The molecule has 112 valence electrons. The predicted molar refractivity (Wildman–Crippen MR) is 73.1 cm³/mol. The minimum atomic E-state index is -0.334. The largest absolute Gasteiger partial charge is 0.449 e. The van der Waals surface area contributed by atoms with Crippen LogP contribution < -0.4 is 0 Å². The molecule has 6 heteroatoms. The standard InChI is InChI=1S/C13H26N2O4/c1-10(9-18-12(16)14(3)4)7-8-11(2)19-13(17)15(5)6/h10-11H,7-9H2,1-6H3. The summed E-state index contributed by atoms with van der Waals surface area (Å²) in [5, 5.41) is 0. The SMILES string of the molecule is CC(CCC(C)OC(=O)N(C)C)COC(=O)N(C)C. The third-order valence-electron chi connectivity index (χ3n) is 2.59. The maximum absolute atomic E-state index is 11.3. The van der Waals surface area contributed by atoms with Crippen molar-refractivity contribution < 1.29 is 19.1 Å². The van der Waals surface area contributed by atoms with Crippen molar-refractivity contribution in [2.24, 2.45) is 5.92 Å². The minimum Gasteiger partial charge on any atom is -0.449 e. The average Bonchev–Trinajstić information content (AvgIpc) is 2.32. The number of nitrogens with zero attached hydrogens (tertiary/aromatic N) is 2. The zero-order chi connectivity index (χ0) is 15.0. The fourth-order valence-electron chi connectivity index (χ4n) is 1.28. The van der Waals surface area contributed by atoms with E-state index >= 15 is 0 Å². The summed E-state index contributed by atoms with van der Waals surface area (Å²) in [5.41, 5.74) is 0. The molecule has 0 saturated heterocycles. The Balaban J connectivity index is 3.81. The second-order valence-electron chi connectivity index (χ2n) is 5.24. The van der Waals surface area contributed by atoms with Crippen LogP contribution in [-0.4, -0.2) is 62.9 Å². The second-order valence-corrected chi connectivity index (χ2v) is 5.24. The van der Waals surface area contributed by atoms with Crippen LogP contribution in [-0.2, 0) is 9.47 Å². The summed E-state index contributed by atoms with van der Waals surface area (Å²) >= 11 is 0. The van der Waals surface area contributed by atoms with Gasteiger partial charge in [-0.3, -0.25) is 0 Å². The van der Waals surface area contributed by atoms with Crippen LogP contribution >= 0.6 is 0 Å². The molecule has 0 spiro atoms. The van der Waals surface area contributed by atoms with E-state index in [1.54, 1.807) is 28.2 Å². The highest BCUT2D eigenvalue weighted by Crippen LogP contribution is 2.11. The molecule has 2 atom stereocenters. The Hall–Kier alpha value is -1.46. The Morgan fingerprint density at radius 2 is 1.47 bits per heavy atom. The maximum atomic E-state index is 11.3. The van der Waals surface area contributed by atoms with E-state index in [0.29, 0.717) is 6.61 Å². The van der Waals surface area contributed by atoms with Gasteiger partial charge in [0, 0.05) is 28.2 Å². The number of carbonyl (C=O) groups is 2. The van der Waals surface area contributed by atoms with Crippen molar-refractivity contribution in [3.63, 3.8) is 0 Å². The van der Waals surface area contributed by atoms with Crippen molar-refractivity contribution >= 4 is 12.2 Å². The summed E-state index contributed by atoms with van der Waals surface area (Å²) < 4.78 is 10.3.